The van der Waals surface area contributed by atoms with Crippen molar-refractivity contribution >= 4 is 18.4 Å². The van der Waals surface area contributed by atoms with Gasteiger partial charge in [-0.15, -0.1) is 12.4 Å². The number of nitrogens with zero attached hydrogens (tertiary/aromatic N) is 1. The molecule has 1 saturated heterocycles. The predicted molar refractivity (Wildman–Crippen MR) is 104 cm³/mol. The minimum Gasteiger partial charge on any atom is -0.481 e. The fourth-order valence-corrected chi connectivity index (χ4v) is 2.96. The second-order valence-corrected chi connectivity index (χ2v) is 6.33. The van der Waals surface area contributed by atoms with Gasteiger partial charge in [0.2, 0.25) is 0 Å². The second-order valence-electron chi connectivity index (χ2n) is 6.33. The molecule has 1 atom stereocenters. The van der Waals surface area contributed by atoms with Crippen molar-refractivity contribution < 1.29 is 32.9 Å². The highest BCUT2D eigenvalue weighted by molar-refractivity contribution is 5.85. The lowest BCUT2D eigenvalue weighted by Crippen LogP contribution is -2.39. The summed E-state index contributed by atoms with van der Waals surface area (Å²) in [5, 5.41) is 8.82. The highest BCUT2D eigenvalue weighted by Crippen LogP contribution is 2.28. The molecule has 3 rings (SSSR count). The topological polar surface area (TPSA) is 68.2 Å². The largest absolute Gasteiger partial charge is 0.481 e. The summed E-state index contributed by atoms with van der Waals surface area (Å²) < 4.78 is 40.5. The number of halogens is 3. The third-order valence-corrected chi connectivity index (χ3v) is 4.31. The fraction of sp³-hybridized carbons (Fsp3) is 0.350. The Morgan fingerprint density at radius 2 is 1.90 bits per heavy atom. The first-order valence-corrected chi connectivity index (χ1v) is 8.88. The van der Waals surface area contributed by atoms with Crippen molar-refractivity contribution in [1.29, 1.82) is 0 Å². The molecule has 1 unspecified atom stereocenters. The number of aliphatic carboxylic acids is 1. The van der Waals surface area contributed by atoms with Gasteiger partial charge in [0.05, 0.1) is 19.1 Å². The van der Waals surface area contributed by atoms with Crippen LogP contribution in [0.3, 0.4) is 0 Å². The summed E-state index contributed by atoms with van der Waals surface area (Å²) in [6, 6.07) is 13.3. The zero-order valence-electron chi connectivity index (χ0n) is 15.5. The van der Waals surface area contributed by atoms with E-state index in [0.717, 1.165) is 5.56 Å². The highest BCUT2D eigenvalue weighted by Gasteiger charge is 2.22. The molecule has 1 fully saturated rings. The van der Waals surface area contributed by atoms with Gasteiger partial charge in [0.25, 0.3) is 0 Å². The summed E-state index contributed by atoms with van der Waals surface area (Å²) in [5.74, 6) is 0.157. The highest BCUT2D eigenvalue weighted by atomic mass is 35.5. The molecule has 158 valence electrons. The molecule has 1 N–H and O–H groups in total. The van der Waals surface area contributed by atoms with Gasteiger partial charge in [-0.3, -0.25) is 9.69 Å². The van der Waals surface area contributed by atoms with Crippen LogP contribution in [0.15, 0.2) is 48.5 Å². The van der Waals surface area contributed by atoms with E-state index in [2.05, 4.69) is 9.64 Å². The van der Waals surface area contributed by atoms with Crippen molar-refractivity contribution in [3.8, 4) is 17.2 Å². The van der Waals surface area contributed by atoms with E-state index >= 15 is 0 Å². The van der Waals surface area contributed by atoms with E-state index in [1.54, 1.807) is 24.3 Å². The molecule has 9 heteroatoms. The maximum Gasteiger partial charge on any atom is 0.387 e. The van der Waals surface area contributed by atoms with Gasteiger partial charge in [-0.05, 0) is 29.8 Å². The summed E-state index contributed by atoms with van der Waals surface area (Å²) >= 11 is 0. The molecule has 0 amide bonds. The van der Waals surface area contributed by atoms with E-state index in [4.69, 9.17) is 14.6 Å². The standard InChI is InChI=1S/C20H21F2NO5.ClH/c21-20(22)28-17-3-1-2-16(12-17)27-15-6-4-14(5-7-15)18-13-23(10-11-26-18)9-8-19(24)25;/h1-7,12,18,20H,8-11,13H2,(H,24,25);1H. The number of carbonyl (C=O) groups is 1. The molecule has 2 aromatic carbocycles. The number of benzene rings is 2. The zero-order chi connectivity index (χ0) is 19.9. The number of hydrogen-bond acceptors (Lipinski definition) is 5. The van der Waals surface area contributed by atoms with Crippen LogP contribution in [0.25, 0.3) is 0 Å². The van der Waals surface area contributed by atoms with Gasteiger partial charge in [0.15, 0.2) is 0 Å². The SMILES string of the molecule is Cl.O=C(O)CCN1CCOC(c2ccc(Oc3cccc(OC(F)F)c3)cc2)C1. The Morgan fingerprint density at radius 3 is 2.59 bits per heavy atom. The molecule has 1 aliphatic heterocycles. The number of carboxylic acids is 1. The van der Waals surface area contributed by atoms with Crippen LogP contribution in [0.5, 0.6) is 17.2 Å². The first-order valence-electron chi connectivity index (χ1n) is 8.88. The average molecular weight is 430 g/mol. The van der Waals surface area contributed by atoms with E-state index in [1.165, 1.54) is 12.1 Å². The first kappa shape index (κ1) is 22.9. The average Bonchev–Trinajstić information content (AvgIpc) is 2.67. The first-order chi connectivity index (χ1) is 13.5. The van der Waals surface area contributed by atoms with Crippen molar-refractivity contribution in [1.82, 2.24) is 4.90 Å². The number of morpholine rings is 1. The Balaban J connectivity index is 0.00000300. The molecule has 1 aliphatic rings. The van der Waals surface area contributed by atoms with Gasteiger partial charge in [0, 0.05) is 25.7 Å². The van der Waals surface area contributed by atoms with E-state index in [9.17, 15) is 13.6 Å². The van der Waals surface area contributed by atoms with Gasteiger partial charge >= 0.3 is 12.6 Å². The Morgan fingerprint density at radius 1 is 1.17 bits per heavy atom. The normalized spacial score (nSPS) is 16.9. The number of alkyl halides is 2. The number of ether oxygens (including phenoxy) is 3. The molecule has 0 spiro atoms. The molecule has 1 heterocycles. The van der Waals surface area contributed by atoms with E-state index in [-0.39, 0.29) is 30.7 Å². The number of rotatable bonds is 8. The van der Waals surface area contributed by atoms with Crippen LogP contribution in [-0.2, 0) is 9.53 Å². The van der Waals surface area contributed by atoms with Gasteiger partial charge in [-0.25, -0.2) is 0 Å². The van der Waals surface area contributed by atoms with Crippen LogP contribution < -0.4 is 9.47 Å². The number of carboxylic acid groups (broad SMARTS) is 1. The van der Waals surface area contributed by atoms with Gasteiger partial charge in [-0.2, -0.15) is 8.78 Å². The lowest BCUT2D eigenvalue weighted by atomic mass is 10.1. The maximum atomic E-state index is 12.3. The van der Waals surface area contributed by atoms with Crippen LogP contribution in [0.4, 0.5) is 8.78 Å². The summed E-state index contributed by atoms with van der Waals surface area (Å²) in [7, 11) is 0. The van der Waals surface area contributed by atoms with Crippen LogP contribution >= 0.6 is 12.4 Å². The van der Waals surface area contributed by atoms with E-state index in [1.807, 2.05) is 12.1 Å². The lowest BCUT2D eigenvalue weighted by molar-refractivity contribution is -0.137. The summed E-state index contributed by atoms with van der Waals surface area (Å²) in [6.07, 6.45) is -0.0345. The van der Waals surface area contributed by atoms with Crippen molar-refractivity contribution in [2.75, 3.05) is 26.2 Å². The molecular weight excluding hydrogens is 408 g/mol. The molecule has 6 nitrogen and oxygen atoms in total. The van der Waals surface area contributed by atoms with Crippen LogP contribution in [0.1, 0.15) is 18.1 Å². The second kappa shape index (κ2) is 10.9. The molecule has 0 aromatic heterocycles. The Kier molecular flexibility index (Phi) is 8.63. The third-order valence-electron chi connectivity index (χ3n) is 4.31. The summed E-state index contributed by atoms with van der Waals surface area (Å²) in [4.78, 5) is 12.8. The molecular formula is C20H22ClF2NO5. The molecule has 29 heavy (non-hydrogen) atoms. The maximum absolute atomic E-state index is 12.3. The van der Waals surface area contributed by atoms with Crippen molar-refractivity contribution in [2.24, 2.45) is 0 Å². The lowest BCUT2D eigenvalue weighted by Gasteiger charge is -2.32. The van der Waals surface area contributed by atoms with Crippen LogP contribution in [-0.4, -0.2) is 48.8 Å². The predicted octanol–water partition coefficient (Wildman–Crippen LogP) is 4.35. The third kappa shape index (κ3) is 7.16. The van der Waals surface area contributed by atoms with Crippen LogP contribution in [0, 0.1) is 0 Å². The Labute approximate surface area is 173 Å². The minimum absolute atomic E-state index is 0. The number of hydrogen-bond donors (Lipinski definition) is 1. The fourth-order valence-electron chi connectivity index (χ4n) is 2.96. The van der Waals surface area contributed by atoms with E-state index < -0.39 is 12.6 Å². The van der Waals surface area contributed by atoms with Crippen molar-refractivity contribution in [3.63, 3.8) is 0 Å². The minimum atomic E-state index is -2.89. The van der Waals surface area contributed by atoms with E-state index in [0.29, 0.717) is 37.7 Å². The molecule has 0 bridgehead atoms. The van der Waals surface area contributed by atoms with Gasteiger partial charge in [0.1, 0.15) is 17.2 Å². The Hall–Kier alpha value is -2.42. The van der Waals surface area contributed by atoms with Crippen molar-refractivity contribution in [3.05, 3.63) is 54.1 Å². The smallest absolute Gasteiger partial charge is 0.387 e. The molecule has 0 aliphatic carbocycles. The summed E-state index contributed by atoms with van der Waals surface area (Å²) in [6.45, 7) is -0.518. The molecule has 2 aromatic rings. The van der Waals surface area contributed by atoms with Crippen LogP contribution in [0.2, 0.25) is 0 Å². The quantitative estimate of drug-likeness (QED) is 0.673. The Bertz CT molecular complexity index is 791. The van der Waals surface area contributed by atoms with Gasteiger partial charge in [-0.1, -0.05) is 18.2 Å². The zero-order valence-corrected chi connectivity index (χ0v) is 16.3. The monoisotopic (exact) mass is 429 g/mol. The van der Waals surface area contributed by atoms with Crippen molar-refractivity contribution in [2.45, 2.75) is 19.1 Å². The molecule has 0 radical (unpaired) electrons. The molecule has 0 saturated carbocycles. The summed E-state index contributed by atoms with van der Waals surface area (Å²) in [5.41, 5.74) is 0.960. The van der Waals surface area contributed by atoms with Gasteiger partial charge < -0.3 is 19.3 Å².